The normalized spacial score (nSPS) is 12.7. The van der Waals surface area contributed by atoms with Gasteiger partial charge in [0, 0.05) is 23.3 Å². The van der Waals surface area contributed by atoms with Crippen molar-refractivity contribution >= 4 is 17.3 Å². The van der Waals surface area contributed by atoms with E-state index in [-0.39, 0.29) is 0 Å². The molecule has 1 atom stereocenters. The summed E-state index contributed by atoms with van der Waals surface area (Å²) < 4.78 is 0. The molecule has 3 heteroatoms. The molecule has 1 rings (SSSR count). The molecule has 1 aromatic rings. The molecule has 0 amide bonds. The minimum Gasteiger partial charge on any atom is -0.398 e. The van der Waals surface area contributed by atoms with Crippen LogP contribution in [0, 0.1) is 0 Å². The van der Waals surface area contributed by atoms with Crippen molar-refractivity contribution in [1.29, 1.82) is 0 Å². The third-order valence-corrected chi connectivity index (χ3v) is 2.97. The fourth-order valence-electron chi connectivity index (χ4n) is 1.62. The lowest BCUT2D eigenvalue weighted by Crippen LogP contribution is -2.25. The number of nitrogen functional groups attached to an aromatic ring is 1. The molecule has 0 heterocycles. The van der Waals surface area contributed by atoms with Crippen molar-refractivity contribution in [3.05, 3.63) is 28.8 Å². The Hall–Kier alpha value is -0.730. The average molecular weight is 241 g/mol. The number of benzene rings is 1. The zero-order chi connectivity index (χ0) is 12.0. The maximum atomic E-state index is 5.88. The van der Waals surface area contributed by atoms with Gasteiger partial charge in [0.1, 0.15) is 0 Å². The van der Waals surface area contributed by atoms with E-state index in [1.807, 2.05) is 12.1 Å². The highest BCUT2D eigenvalue weighted by Crippen LogP contribution is 2.18. The van der Waals surface area contributed by atoms with Crippen LogP contribution in [0.5, 0.6) is 0 Å². The fourth-order valence-corrected chi connectivity index (χ4v) is 1.80. The molecule has 2 nitrogen and oxygen atoms in total. The van der Waals surface area contributed by atoms with E-state index >= 15 is 0 Å². The van der Waals surface area contributed by atoms with E-state index in [1.165, 1.54) is 19.3 Å². The van der Waals surface area contributed by atoms with Gasteiger partial charge in [-0.15, -0.1) is 0 Å². The highest BCUT2D eigenvalue weighted by Gasteiger charge is 2.03. The first-order valence-corrected chi connectivity index (χ1v) is 6.28. The Labute approximate surface area is 103 Å². The average Bonchev–Trinajstić information content (AvgIpc) is 2.25. The van der Waals surface area contributed by atoms with Gasteiger partial charge >= 0.3 is 0 Å². The van der Waals surface area contributed by atoms with Gasteiger partial charge in [-0.3, -0.25) is 0 Å². The molecule has 0 saturated heterocycles. The number of nitrogens with two attached hydrogens (primary N) is 1. The standard InChI is InChI=1S/C13H21ClN2/c1-3-4-5-10(2)16-9-11-6-7-12(14)8-13(11)15/h6-8,10,16H,3-5,9,15H2,1-2H3. The second-order valence-electron chi connectivity index (χ2n) is 4.27. The van der Waals surface area contributed by atoms with Gasteiger partial charge in [0.25, 0.3) is 0 Å². The van der Waals surface area contributed by atoms with Gasteiger partial charge in [0.05, 0.1) is 0 Å². The second-order valence-corrected chi connectivity index (χ2v) is 4.70. The van der Waals surface area contributed by atoms with Gasteiger partial charge in [0.2, 0.25) is 0 Å². The monoisotopic (exact) mass is 240 g/mol. The Morgan fingerprint density at radius 3 is 2.81 bits per heavy atom. The molecule has 0 spiro atoms. The molecule has 3 N–H and O–H groups in total. The first-order chi connectivity index (χ1) is 7.63. The Bertz CT molecular complexity index is 326. The van der Waals surface area contributed by atoms with Crippen LogP contribution in [-0.2, 0) is 6.54 Å². The van der Waals surface area contributed by atoms with E-state index in [4.69, 9.17) is 17.3 Å². The smallest absolute Gasteiger partial charge is 0.0426 e. The molecule has 0 aliphatic rings. The quantitative estimate of drug-likeness (QED) is 0.746. The van der Waals surface area contributed by atoms with Gasteiger partial charge in [-0.2, -0.15) is 0 Å². The van der Waals surface area contributed by atoms with E-state index in [2.05, 4.69) is 19.2 Å². The van der Waals surface area contributed by atoms with Crippen molar-refractivity contribution in [2.45, 2.75) is 45.7 Å². The molecule has 0 fully saturated rings. The summed E-state index contributed by atoms with van der Waals surface area (Å²) in [7, 11) is 0. The van der Waals surface area contributed by atoms with Crippen molar-refractivity contribution in [1.82, 2.24) is 5.32 Å². The summed E-state index contributed by atoms with van der Waals surface area (Å²) in [5, 5.41) is 4.17. The molecule has 16 heavy (non-hydrogen) atoms. The van der Waals surface area contributed by atoms with Gasteiger partial charge in [-0.25, -0.2) is 0 Å². The Balaban J connectivity index is 2.42. The van der Waals surface area contributed by atoms with Crippen molar-refractivity contribution < 1.29 is 0 Å². The lowest BCUT2D eigenvalue weighted by Gasteiger charge is -2.14. The van der Waals surface area contributed by atoms with Gasteiger partial charge in [0.15, 0.2) is 0 Å². The van der Waals surface area contributed by atoms with Gasteiger partial charge in [-0.05, 0) is 31.0 Å². The van der Waals surface area contributed by atoms with Crippen LogP contribution in [0.15, 0.2) is 18.2 Å². The van der Waals surface area contributed by atoms with Crippen LogP contribution >= 0.6 is 11.6 Å². The van der Waals surface area contributed by atoms with Crippen molar-refractivity contribution in [3.63, 3.8) is 0 Å². The maximum Gasteiger partial charge on any atom is 0.0426 e. The highest BCUT2D eigenvalue weighted by atomic mass is 35.5. The van der Waals surface area contributed by atoms with Gasteiger partial charge < -0.3 is 11.1 Å². The zero-order valence-electron chi connectivity index (χ0n) is 10.1. The molecule has 0 saturated carbocycles. The summed E-state index contributed by atoms with van der Waals surface area (Å²) in [6.07, 6.45) is 3.73. The number of nitrogens with one attached hydrogen (secondary N) is 1. The van der Waals surface area contributed by atoms with Gasteiger partial charge in [-0.1, -0.05) is 37.4 Å². The SMILES string of the molecule is CCCCC(C)NCc1ccc(Cl)cc1N. The predicted molar refractivity (Wildman–Crippen MR) is 71.7 cm³/mol. The van der Waals surface area contributed by atoms with Crippen LogP contribution in [0.25, 0.3) is 0 Å². The Kier molecular flexibility index (Phi) is 5.64. The third kappa shape index (κ3) is 4.42. The number of rotatable bonds is 6. The van der Waals surface area contributed by atoms with Crippen LogP contribution in [0.2, 0.25) is 5.02 Å². The Morgan fingerprint density at radius 2 is 2.19 bits per heavy atom. The van der Waals surface area contributed by atoms with Crippen molar-refractivity contribution in [2.75, 3.05) is 5.73 Å². The summed E-state index contributed by atoms with van der Waals surface area (Å²) >= 11 is 5.85. The minimum atomic E-state index is 0.537. The Morgan fingerprint density at radius 1 is 1.44 bits per heavy atom. The molecular weight excluding hydrogens is 220 g/mol. The topological polar surface area (TPSA) is 38.0 Å². The minimum absolute atomic E-state index is 0.537. The first kappa shape index (κ1) is 13.3. The molecule has 1 aromatic carbocycles. The van der Waals surface area contributed by atoms with E-state index in [1.54, 1.807) is 6.07 Å². The number of halogens is 1. The lowest BCUT2D eigenvalue weighted by atomic mass is 10.1. The summed E-state index contributed by atoms with van der Waals surface area (Å²) in [6.45, 7) is 5.24. The van der Waals surface area contributed by atoms with Crippen LogP contribution in [0.3, 0.4) is 0 Å². The van der Waals surface area contributed by atoms with E-state index < -0.39 is 0 Å². The summed E-state index contributed by atoms with van der Waals surface area (Å²) in [5.41, 5.74) is 7.77. The summed E-state index contributed by atoms with van der Waals surface area (Å²) in [5.74, 6) is 0. The molecule has 1 unspecified atom stereocenters. The molecule has 0 bridgehead atoms. The lowest BCUT2D eigenvalue weighted by molar-refractivity contribution is 0.495. The molecule has 0 aromatic heterocycles. The largest absolute Gasteiger partial charge is 0.398 e. The first-order valence-electron chi connectivity index (χ1n) is 5.90. The summed E-state index contributed by atoms with van der Waals surface area (Å²) in [6, 6.07) is 6.20. The van der Waals surface area contributed by atoms with E-state index in [0.29, 0.717) is 11.1 Å². The van der Waals surface area contributed by atoms with Crippen LogP contribution < -0.4 is 11.1 Å². The number of anilines is 1. The molecule has 0 aliphatic carbocycles. The molecule has 0 radical (unpaired) electrons. The number of hydrogen-bond acceptors (Lipinski definition) is 2. The van der Waals surface area contributed by atoms with Crippen molar-refractivity contribution in [3.8, 4) is 0 Å². The zero-order valence-corrected chi connectivity index (χ0v) is 10.8. The van der Waals surface area contributed by atoms with Crippen molar-refractivity contribution in [2.24, 2.45) is 0 Å². The van der Waals surface area contributed by atoms with E-state index in [9.17, 15) is 0 Å². The fraction of sp³-hybridized carbons (Fsp3) is 0.538. The highest BCUT2D eigenvalue weighted by molar-refractivity contribution is 6.30. The van der Waals surface area contributed by atoms with Crippen LogP contribution in [0.4, 0.5) is 5.69 Å². The number of unbranched alkanes of at least 4 members (excludes halogenated alkanes) is 1. The summed E-state index contributed by atoms with van der Waals surface area (Å²) in [4.78, 5) is 0. The number of hydrogen-bond donors (Lipinski definition) is 2. The van der Waals surface area contributed by atoms with Crippen LogP contribution in [-0.4, -0.2) is 6.04 Å². The molecule has 0 aliphatic heterocycles. The van der Waals surface area contributed by atoms with Crippen LogP contribution in [0.1, 0.15) is 38.7 Å². The second kappa shape index (κ2) is 6.77. The molecule has 90 valence electrons. The molecular formula is C13H21ClN2. The maximum absolute atomic E-state index is 5.88. The predicted octanol–water partition coefficient (Wildman–Crippen LogP) is 3.59. The third-order valence-electron chi connectivity index (χ3n) is 2.74. The van der Waals surface area contributed by atoms with E-state index in [0.717, 1.165) is 17.8 Å².